The maximum absolute atomic E-state index is 14.0. The molecule has 1 atom stereocenters. The summed E-state index contributed by atoms with van der Waals surface area (Å²) in [5.74, 6) is -0.586. The van der Waals surface area contributed by atoms with Crippen LogP contribution in [0.3, 0.4) is 0 Å². The van der Waals surface area contributed by atoms with E-state index in [0.717, 1.165) is 22.3 Å². The van der Waals surface area contributed by atoms with Gasteiger partial charge in [-0.3, -0.25) is 14.5 Å². The summed E-state index contributed by atoms with van der Waals surface area (Å²) in [7, 11) is 0. The SMILES string of the molecule is Cc1cccc(C)c1NC(=O)[C@H](c1ccccc1)N(C(=O)Cn1nnc2ccccc21)c1ccccc1. The molecule has 7 nitrogen and oxygen atoms in total. The Morgan fingerprint density at radius 3 is 2.14 bits per heavy atom. The van der Waals surface area contributed by atoms with Crippen molar-refractivity contribution >= 4 is 34.2 Å². The van der Waals surface area contributed by atoms with E-state index >= 15 is 0 Å². The van der Waals surface area contributed by atoms with Gasteiger partial charge in [-0.2, -0.15) is 0 Å². The zero-order chi connectivity index (χ0) is 25.8. The molecule has 0 aliphatic heterocycles. The van der Waals surface area contributed by atoms with Crippen LogP contribution in [-0.4, -0.2) is 26.8 Å². The smallest absolute Gasteiger partial charge is 0.252 e. The van der Waals surface area contributed by atoms with Crippen LogP contribution in [-0.2, 0) is 16.1 Å². The Bertz CT molecular complexity index is 1530. The van der Waals surface area contributed by atoms with Crippen molar-refractivity contribution in [1.29, 1.82) is 0 Å². The molecule has 5 rings (SSSR count). The molecule has 0 saturated carbocycles. The average Bonchev–Trinajstić information content (AvgIpc) is 3.33. The zero-order valence-corrected chi connectivity index (χ0v) is 20.7. The van der Waals surface area contributed by atoms with E-state index < -0.39 is 6.04 Å². The predicted molar refractivity (Wildman–Crippen MR) is 145 cm³/mol. The molecule has 184 valence electrons. The number of carbonyl (C=O) groups is 2. The van der Waals surface area contributed by atoms with Gasteiger partial charge < -0.3 is 5.32 Å². The first kappa shape index (κ1) is 23.9. The lowest BCUT2D eigenvalue weighted by Gasteiger charge is -2.32. The lowest BCUT2D eigenvalue weighted by molar-refractivity contribution is -0.124. The van der Waals surface area contributed by atoms with Gasteiger partial charge in [-0.05, 0) is 54.8 Å². The topological polar surface area (TPSA) is 80.1 Å². The van der Waals surface area contributed by atoms with Gasteiger partial charge in [-0.25, -0.2) is 4.68 Å². The Morgan fingerprint density at radius 2 is 1.43 bits per heavy atom. The molecule has 7 heteroatoms. The van der Waals surface area contributed by atoms with E-state index in [1.807, 2.05) is 117 Å². The fourth-order valence-electron chi connectivity index (χ4n) is 4.52. The Balaban J connectivity index is 1.58. The largest absolute Gasteiger partial charge is 0.323 e. The van der Waals surface area contributed by atoms with Gasteiger partial charge in [0.1, 0.15) is 18.1 Å². The number of fused-ring (bicyclic) bond motifs is 1. The Labute approximate surface area is 215 Å². The van der Waals surface area contributed by atoms with Crippen LogP contribution in [0.15, 0.2) is 103 Å². The van der Waals surface area contributed by atoms with Crippen molar-refractivity contribution in [1.82, 2.24) is 15.0 Å². The van der Waals surface area contributed by atoms with E-state index in [1.54, 1.807) is 9.58 Å². The standard InChI is InChI=1S/C30H27N5O2/c1-21-12-11-13-22(2)28(21)31-30(37)29(23-14-5-3-6-15-23)35(24-16-7-4-8-17-24)27(36)20-34-26-19-10-9-18-25(26)32-33-34/h3-19,29H,20H2,1-2H3,(H,31,37)/t29-/m0/s1. The van der Waals surface area contributed by atoms with E-state index in [0.29, 0.717) is 16.8 Å². The molecule has 0 spiro atoms. The minimum Gasteiger partial charge on any atom is -0.323 e. The highest BCUT2D eigenvalue weighted by atomic mass is 16.2. The van der Waals surface area contributed by atoms with Gasteiger partial charge in [0.05, 0.1) is 5.52 Å². The fourth-order valence-corrected chi connectivity index (χ4v) is 4.52. The van der Waals surface area contributed by atoms with E-state index in [4.69, 9.17) is 0 Å². The average molecular weight is 490 g/mol. The second-order valence-electron chi connectivity index (χ2n) is 8.90. The van der Waals surface area contributed by atoms with E-state index in [-0.39, 0.29) is 18.4 Å². The van der Waals surface area contributed by atoms with Crippen molar-refractivity contribution in [3.05, 3.63) is 120 Å². The van der Waals surface area contributed by atoms with E-state index in [2.05, 4.69) is 15.6 Å². The van der Waals surface area contributed by atoms with Crippen LogP contribution >= 0.6 is 0 Å². The molecule has 0 aliphatic carbocycles. The molecule has 0 radical (unpaired) electrons. The highest BCUT2D eigenvalue weighted by Gasteiger charge is 2.33. The number of nitrogens with one attached hydrogen (secondary N) is 1. The van der Waals surface area contributed by atoms with Crippen LogP contribution in [0.25, 0.3) is 11.0 Å². The molecule has 0 bridgehead atoms. The highest BCUT2D eigenvalue weighted by Crippen LogP contribution is 2.30. The summed E-state index contributed by atoms with van der Waals surface area (Å²) in [5, 5.41) is 11.5. The number of anilines is 2. The van der Waals surface area contributed by atoms with Gasteiger partial charge in [-0.15, -0.1) is 5.10 Å². The van der Waals surface area contributed by atoms with Crippen molar-refractivity contribution in [2.24, 2.45) is 0 Å². The second kappa shape index (κ2) is 10.5. The summed E-state index contributed by atoms with van der Waals surface area (Å²) in [6.07, 6.45) is 0. The van der Waals surface area contributed by atoms with Crippen LogP contribution in [0.5, 0.6) is 0 Å². The quantitative estimate of drug-likeness (QED) is 0.329. The number of para-hydroxylation sites is 3. The monoisotopic (exact) mass is 489 g/mol. The van der Waals surface area contributed by atoms with Crippen molar-refractivity contribution in [3.8, 4) is 0 Å². The summed E-state index contributed by atoms with van der Waals surface area (Å²) in [6.45, 7) is 3.83. The number of hydrogen-bond donors (Lipinski definition) is 1. The predicted octanol–water partition coefficient (Wildman–Crippen LogP) is 5.46. The molecule has 0 aliphatic rings. The summed E-state index contributed by atoms with van der Waals surface area (Å²) in [4.78, 5) is 29.6. The minimum atomic E-state index is -0.912. The maximum Gasteiger partial charge on any atom is 0.252 e. The van der Waals surface area contributed by atoms with Gasteiger partial charge in [0.15, 0.2) is 0 Å². The maximum atomic E-state index is 14.0. The Kier molecular flexibility index (Phi) is 6.76. The van der Waals surface area contributed by atoms with Crippen LogP contribution in [0.2, 0.25) is 0 Å². The first-order chi connectivity index (χ1) is 18.0. The Morgan fingerprint density at radius 1 is 0.811 bits per heavy atom. The highest BCUT2D eigenvalue weighted by molar-refractivity contribution is 6.06. The fraction of sp³-hybridized carbons (Fsp3) is 0.133. The zero-order valence-electron chi connectivity index (χ0n) is 20.7. The van der Waals surface area contributed by atoms with Gasteiger partial charge in [0, 0.05) is 11.4 Å². The van der Waals surface area contributed by atoms with Crippen molar-refractivity contribution in [3.63, 3.8) is 0 Å². The number of hydrogen-bond acceptors (Lipinski definition) is 4. The Hall–Kier alpha value is -4.78. The number of carbonyl (C=O) groups excluding carboxylic acids is 2. The lowest BCUT2D eigenvalue weighted by Crippen LogP contribution is -2.43. The molecule has 0 fully saturated rings. The van der Waals surface area contributed by atoms with Gasteiger partial charge >= 0.3 is 0 Å². The third-order valence-electron chi connectivity index (χ3n) is 6.36. The molecular weight excluding hydrogens is 462 g/mol. The summed E-state index contributed by atoms with van der Waals surface area (Å²) >= 11 is 0. The van der Waals surface area contributed by atoms with Crippen molar-refractivity contribution in [2.75, 3.05) is 10.2 Å². The molecule has 1 N–H and O–H groups in total. The van der Waals surface area contributed by atoms with Crippen LogP contribution in [0, 0.1) is 13.8 Å². The molecule has 2 amide bonds. The molecular formula is C30H27N5O2. The molecule has 0 saturated heterocycles. The van der Waals surface area contributed by atoms with Gasteiger partial charge in [0.25, 0.3) is 5.91 Å². The molecule has 4 aromatic carbocycles. The van der Waals surface area contributed by atoms with Gasteiger partial charge in [-0.1, -0.05) is 84.1 Å². The number of benzene rings is 4. The van der Waals surface area contributed by atoms with Crippen LogP contribution in [0.4, 0.5) is 11.4 Å². The van der Waals surface area contributed by atoms with Crippen molar-refractivity contribution < 1.29 is 9.59 Å². The number of aryl methyl sites for hydroxylation is 2. The number of aromatic nitrogens is 3. The molecule has 0 unspecified atom stereocenters. The minimum absolute atomic E-state index is 0.0740. The number of amides is 2. The number of rotatable bonds is 7. The van der Waals surface area contributed by atoms with Crippen LogP contribution in [0.1, 0.15) is 22.7 Å². The molecule has 37 heavy (non-hydrogen) atoms. The van der Waals surface area contributed by atoms with Crippen LogP contribution < -0.4 is 10.2 Å². The summed E-state index contributed by atoms with van der Waals surface area (Å²) < 4.78 is 1.57. The number of nitrogens with zero attached hydrogens (tertiary/aromatic N) is 4. The van der Waals surface area contributed by atoms with Crippen molar-refractivity contribution in [2.45, 2.75) is 26.4 Å². The van der Waals surface area contributed by atoms with Gasteiger partial charge in [0.2, 0.25) is 5.91 Å². The third-order valence-corrected chi connectivity index (χ3v) is 6.36. The second-order valence-corrected chi connectivity index (χ2v) is 8.90. The van der Waals surface area contributed by atoms with E-state index in [1.165, 1.54) is 0 Å². The first-order valence-corrected chi connectivity index (χ1v) is 12.1. The summed E-state index contributed by atoms with van der Waals surface area (Å²) in [5.41, 5.74) is 5.42. The normalized spacial score (nSPS) is 11.7. The third kappa shape index (κ3) is 4.97. The van der Waals surface area contributed by atoms with E-state index in [9.17, 15) is 9.59 Å². The summed E-state index contributed by atoms with van der Waals surface area (Å²) in [6, 6.07) is 31.0. The molecule has 1 aromatic heterocycles. The lowest BCUT2D eigenvalue weighted by atomic mass is 10.0. The molecule has 1 heterocycles. The molecule has 5 aromatic rings. The first-order valence-electron chi connectivity index (χ1n) is 12.1.